The quantitative estimate of drug-likeness (QED) is 0.925. The van der Waals surface area contributed by atoms with Crippen LogP contribution in [0.2, 0.25) is 0 Å². The van der Waals surface area contributed by atoms with E-state index in [1.165, 1.54) is 6.42 Å². The van der Waals surface area contributed by atoms with E-state index in [2.05, 4.69) is 4.98 Å². The molecular weight excluding hydrogens is 309 g/mol. The molecule has 4 nitrogen and oxygen atoms in total. The monoisotopic (exact) mass is 333 g/mol. The van der Waals surface area contributed by atoms with E-state index in [4.69, 9.17) is 5.73 Å². The van der Waals surface area contributed by atoms with Gasteiger partial charge in [0.25, 0.3) is 5.91 Å². The van der Waals surface area contributed by atoms with Crippen molar-refractivity contribution in [3.05, 3.63) is 29.1 Å². The van der Waals surface area contributed by atoms with Crippen molar-refractivity contribution in [2.24, 2.45) is 5.73 Å². The number of carbonyl (C=O) groups excluding carboxylic acids is 1. The molecule has 2 heterocycles. The molecule has 0 aromatic carbocycles. The van der Waals surface area contributed by atoms with Gasteiger partial charge >= 0.3 is 0 Å². The smallest absolute Gasteiger partial charge is 0.255 e. The molecule has 0 spiro atoms. The van der Waals surface area contributed by atoms with E-state index >= 15 is 0 Å². The molecule has 0 bridgehead atoms. The third kappa shape index (κ3) is 4.83. The van der Waals surface area contributed by atoms with Gasteiger partial charge in [-0.1, -0.05) is 0 Å². The maximum Gasteiger partial charge on any atom is 0.255 e. The molecular formula is C15H25Cl2N3O. The number of carbonyl (C=O) groups is 1. The molecule has 2 N–H and O–H groups in total. The van der Waals surface area contributed by atoms with Gasteiger partial charge in [-0.15, -0.1) is 24.8 Å². The fraction of sp³-hybridized carbons (Fsp3) is 0.600. The second kappa shape index (κ2) is 9.23. The summed E-state index contributed by atoms with van der Waals surface area (Å²) in [6, 6.07) is 4.10. The molecule has 120 valence electrons. The van der Waals surface area contributed by atoms with Gasteiger partial charge in [0.15, 0.2) is 0 Å². The summed E-state index contributed by atoms with van der Waals surface area (Å²) in [6.07, 6.45) is 4.25. The first-order valence-corrected chi connectivity index (χ1v) is 7.08. The predicted octanol–water partition coefficient (Wildman–Crippen LogP) is 2.89. The summed E-state index contributed by atoms with van der Waals surface area (Å²) >= 11 is 0. The molecule has 1 atom stereocenters. The van der Waals surface area contributed by atoms with Gasteiger partial charge in [-0.05, 0) is 58.2 Å². The first-order valence-electron chi connectivity index (χ1n) is 7.08. The Bertz CT molecular complexity index is 466. The molecule has 1 aliphatic rings. The van der Waals surface area contributed by atoms with Gasteiger partial charge in [0.1, 0.15) is 0 Å². The molecule has 2 rings (SSSR count). The van der Waals surface area contributed by atoms with E-state index in [1.807, 2.05) is 30.9 Å². The van der Waals surface area contributed by atoms with Crippen molar-refractivity contribution in [2.75, 3.05) is 13.1 Å². The van der Waals surface area contributed by atoms with Crippen LogP contribution in [0.5, 0.6) is 0 Å². The lowest BCUT2D eigenvalue weighted by Crippen LogP contribution is -2.44. The van der Waals surface area contributed by atoms with E-state index in [9.17, 15) is 4.79 Å². The van der Waals surface area contributed by atoms with Crippen LogP contribution in [0.4, 0.5) is 0 Å². The van der Waals surface area contributed by atoms with Gasteiger partial charge in [0.2, 0.25) is 0 Å². The highest BCUT2D eigenvalue weighted by atomic mass is 35.5. The average molecular weight is 334 g/mol. The molecule has 1 aromatic heterocycles. The number of pyridine rings is 1. The number of likely N-dealkylation sites (tertiary alicyclic amines) is 1. The van der Waals surface area contributed by atoms with Crippen molar-refractivity contribution in [3.63, 3.8) is 0 Å². The first-order chi connectivity index (χ1) is 9.13. The summed E-state index contributed by atoms with van der Waals surface area (Å²) < 4.78 is 0. The van der Waals surface area contributed by atoms with Gasteiger partial charge in [0.05, 0.1) is 11.3 Å². The predicted molar refractivity (Wildman–Crippen MR) is 90.6 cm³/mol. The van der Waals surface area contributed by atoms with Crippen LogP contribution in [0.15, 0.2) is 12.1 Å². The number of aromatic nitrogens is 1. The van der Waals surface area contributed by atoms with Gasteiger partial charge in [-0.2, -0.15) is 0 Å². The van der Waals surface area contributed by atoms with Crippen LogP contribution in [-0.2, 0) is 0 Å². The Labute approximate surface area is 139 Å². The highest BCUT2D eigenvalue weighted by Gasteiger charge is 2.27. The molecule has 1 unspecified atom stereocenters. The second-order valence-corrected chi connectivity index (χ2v) is 5.31. The molecule has 0 saturated carbocycles. The van der Waals surface area contributed by atoms with Crippen molar-refractivity contribution in [1.29, 1.82) is 0 Å². The zero-order valence-corrected chi connectivity index (χ0v) is 14.3. The van der Waals surface area contributed by atoms with Crippen molar-refractivity contribution in [1.82, 2.24) is 9.88 Å². The largest absolute Gasteiger partial charge is 0.336 e. The number of nitrogens with zero attached hydrogens (tertiary/aromatic N) is 2. The fourth-order valence-corrected chi connectivity index (χ4v) is 2.83. The van der Waals surface area contributed by atoms with Crippen LogP contribution in [0.3, 0.4) is 0 Å². The highest BCUT2D eigenvalue weighted by molar-refractivity contribution is 5.95. The standard InChI is InChI=1S/C15H23N3O.2ClH/c1-11-6-7-14(12(2)17-11)15(19)18-10-4-3-5-13(18)8-9-16;;/h6-7,13H,3-5,8-10,16H2,1-2H3;2*1H. The summed E-state index contributed by atoms with van der Waals surface area (Å²) in [7, 11) is 0. The number of aryl methyl sites for hydroxylation is 2. The topological polar surface area (TPSA) is 59.2 Å². The molecule has 1 amide bonds. The fourth-order valence-electron chi connectivity index (χ4n) is 2.83. The summed E-state index contributed by atoms with van der Waals surface area (Å²) in [6.45, 7) is 5.33. The second-order valence-electron chi connectivity index (χ2n) is 5.31. The maximum absolute atomic E-state index is 12.7. The first kappa shape index (κ1) is 20.2. The third-order valence-electron chi connectivity index (χ3n) is 3.84. The zero-order chi connectivity index (χ0) is 13.8. The highest BCUT2D eigenvalue weighted by Crippen LogP contribution is 2.22. The van der Waals surface area contributed by atoms with Crippen LogP contribution < -0.4 is 5.73 Å². The van der Waals surface area contributed by atoms with Crippen LogP contribution >= 0.6 is 24.8 Å². The number of rotatable bonds is 3. The van der Waals surface area contributed by atoms with E-state index in [1.54, 1.807) is 0 Å². The lowest BCUT2D eigenvalue weighted by molar-refractivity contribution is 0.0603. The van der Waals surface area contributed by atoms with Crippen LogP contribution in [0, 0.1) is 13.8 Å². The number of hydrogen-bond acceptors (Lipinski definition) is 3. The average Bonchev–Trinajstić information content (AvgIpc) is 2.39. The Morgan fingerprint density at radius 1 is 1.33 bits per heavy atom. The molecule has 1 saturated heterocycles. The Hall–Kier alpha value is -0.840. The van der Waals surface area contributed by atoms with Gasteiger partial charge in [0, 0.05) is 18.3 Å². The Morgan fingerprint density at radius 3 is 2.67 bits per heavy atom. The van der Waals surface area contributed by atoms with Crippen molar-refractivity contribution in [3.8, 4) is 0 Å². The van der Waals surface area contributed by atoms with Crippen LogP contribution in [-0.4, -0.2) is 34.9 Å². The molecule has 1 fully saturated rings. The zero-order valence-electron chi connectivity index (χ0n) is 12.7. The normalized spacial score (nSPS) is 17.7. The van der Waals surface area contributed by atoms with E-state index in [0.717, 1.165) is 42.8 Å². The molecule has 0 radical (unpaired) electrons. The summed E-state index contributed by atoms with van der Waals surface area (Å²) in [5.41, 5.74) is 8.16. The number of halogens is 2. The van der Waals surface area contributed by atoms with Crippen LogP contribution in [0.25, 0.3) is 0 Å². The SMILES string of the molecule is Cc1ccc(C(=O)N2CCCCC2CCN)c(C)n1.Cl.Cl. The molecule has 0 aliphatic carbocycles. The van der Waals surface area contributed by atoms with Gasteiger partial charge < -0.3 is 10.6 Å². The minimum Gasteiger partial charge on any atom is -0.336 e. The van der Waals surface area contributed by atoms with Gasteiger partial charge in [-0.3, -0.25) is 9.78 Å². The molecule has 1 aliphatic heterocycles. The Kier molecular flexibility index (Phi) is 8.86. The lowest BCUT2D eigenvalue weighted by Gasteiger charge is -2.36. The summed E-state index contributed by atoms with van der Waals surface area (Å²) in [4.78, 5) is 19.0. The number of amides is 1. The summed E-state index contributed by atoms with van der Waals surface area (Å²) in [5.74, 6) is 0.114. The molecule has 21 heavy (non-hydrogen) atoms. The van der Waals surface area contributed by atoms with E-state index in [0.29, 0.717) is 12.6 Å². The minimum atomic E-state index is 0. The van der Waals surface area contributed by atoms with Gasteiger partial charge in [-0.25, -0.2) is 0 Å². The molecule has 1 aromatic rings. The number of nitrogens with two attached hydrogens (primary N) is 1. The number of piperidine rings is 1. The van der Waals surface area contributed by atoms with Crippen molar-refractivity contribution in [2.45, 2.75) is 45.6 Å². The Balaban J connectivity index is 0.00000200. The van der Waals surface area contributed by atoms with Crippen molar-refractivity contribution >= 4 is 30.7 Å². The maximum atomic E-state index is 12.7. The third-order valence-corrected chi connectivity index (χ3v) is 3.84. The van der Waals surface area contributed by atoms with Crippen LogP contribution in [0.1, 0.15) is 47.4 Å². The van der Waals surface area contributed by atoms with E-state index in [-0.39, 0.29) is 30.7 Å². The lowest BCUT2D eigenvalue weighted by atomic mass is 9.98. The van der Waals surface area contributed by atoms with E-state index < -0.39 is 0 Å². The number of hydrogen-bond donors (Lipinski definition) is 1. The Morgan fingerprint density at radius 2 is 2.05 bits per heavy atom. The molecule has 6 heteroatoms. The van der Waals surface area contributed by atoms with Crippen molar-refractivity contribution < 1.29 is 4.79 Å². The minimum absolute atomic E-state index is 0. The summed E-state index contributed by atoms with van der Waals surface area (Å²) in [5, 5.41) is 0.